The molecule has 1 nitrogen and oxygen atoms in total. The maximum absolute atomic E-state index is 5.44. The third kappa shape index (κ3) is 2.92. The summed E-state index contributed by atoms with van der Waals surface area (Å²) in [7, 11) is 1.78. The Hall–Kier alpha value is -2.64. The maximum Gasteiger partial charge on any atom is 0.0500 e. The molecule has 1 aliphatic rings. The topological polar surface area (TPSA) is 9.23 Å². The van der Waals surface area contributed by atoms with Crippen LogP contribution in [0.25, 0.3) is 5.57 Å². The van der Waals surface area contributed by atoms with Crippen LogP contribution in [-0.2, 0) is 4.74 Å². The van der Waals surface area contributed by atoms with E-state index in [9.17, 15) is 0 Å². The van der Waals surface area contributed by atoms with Crippen molar-refractivity contribution >= 4 is 5.57 Å². The summed E-state index contributed by atoms with van der Waals surface area (Å²) in [5.41, 5.74) is 8.24. The summed E-state index contributed by atoms with van der Waals surface area (Å²) in [6.07, 6.45) is 0.939. The lowest BCUT2D eigenvalue weighted by atomic mass is 9.87. The van der Waals surface area contributed by atoms with Crippen LogP contribution in [0.1, 0.15) is 34.6 Å². The zero-order chi connectivity index (χ0) is 17.1. The van der Waals surface area contributed by atoms with Crippen molar-refractivity contribution in [3.8, 4) is 0 Å². The van der Waals surface area contributed by atoms with Gasteiger partial charge in [0.05, 0.1) is 0 Å². The molecule has 0 bridgehead atoms. The number of hydrogen-bond donors (Lipinski definition) is 0. The molecule has 1 heteroatoms. The van der Waals surface area contributed by atoms with Gasteiger partial charge < -0.3 is 4.74 Å². The quantitative estimate of drug-likeness (QED) is 0.587. The van der Waals surface area contributed by atoms with E-state index in [-0.39, 0.29) is 0 Å². The molecular formula is C24H22O. The molecular weight excluding hydrogens is 304 g/mol. The molecule has 0 amide bonds. The Labute approximate surface area is 149 Å². The van der Waals surface area contributed by atoms with Crippen molar-refractivity contribution < 1.29 is 4.74 Å². The van der Waals surface area contributed by atoms with Gasteiger partial charge in [0.15, 0.2) is 0 Å². The molecule has 124 valence electrons. The molecule has 0 spiro atoms. The SMILES string of the molecule is COCCC1=C(c2ccccc2)c2ccccc2C1c1ccccc1. The van der Waals surface area contributed by atoms with Crippen LogP contribution in [-0.4, -0.2) is 13.7 Å². The van der Waals surface area contributed by atoms with E-state index in [2.05, 4.69) is 84.9 Å². The monoisotopic (exact) mass is 326 g/mol. The highest BCUT2D eigenvalue weighted by atomic mass is 16.5. The minimum absolute atomic E-state index is 0.308. The van der Waals surface area contributed by atoms with E-state index in [0.29, 0.717) is 5.92 Å². The highest BCUT2D eigenvalue weighted by Gasteiger charge is 2.32. The molecule has 0 radical (unpaired) electrons. The molecule has 0 saturated heterocycles. The third-order valence-corrected chi connectivity index (χ3v) is 4.98. The highest BCUT2D eigenvalue weighted by Crippen LogP contribution is 2.49. The van der Waals surface area contributed by atoms with E-state index in [1.54, 1.807) is 7.11 Å². The fourth-order valence-corrected chi connectivity index (χ4v) is 3.93. The molecule has 0 saturated carbocycles. The van der Waals surface area contributed by atoms with Gasteiger partial charge >= 0.3 is 0 Å². The number of ether oxygens (including phenoxy) is 1. The van der Waals surface area contributed by atoms with Gasteiger partial charge in [-0.15, -0.1) is 0 Å². The van der Waals surface area contributed by atoms with E-state index in [1.165, 1.54) is 33.4 Å². The molecule has 0 N–H and O–H groups in total. The first-order chi connectivity index (χ1) is 12.4. The molecule has 0 aliphatic heterocycles. The third-order valence-electron chi connectivity index (χ3n) is 4.98. The van der Waals surface area contributed by atoms with Crippen LogP contribution in [0.4, 0.5) is 0 Å². The Morgan fingerprint density at radius 1 is 0.760 bits per heavy atom. The first-order valence-electron chi connectivity index (χ1n) is 8.82. The minimum atomic E-state index is 0.308. The molecule has 0 aromatic heterocycles. The smallest absolute Gasteiger partial charge is 0.0500 e. The van der Waals surface area contributed by atoms with Gasteiger partial charge in [-0.25, -0.2) is 0 Å². The average molecular weight is 326 g/mol. The Morgan fingerprint density at radius 2 is 1.40 bits per heavy atom. The predicted molar refractivity (Wildman–Crippen MR) is 104 cm³/mol. The Kier molecular flexibility index (Phi) is 4.49. The highest BCUT2D eigenvalue weighted by molar-refractivity contribution is 5.89. The Balaban J connectivity index is 1.95. The van der Waals surface area contributed by atoms with Gasteiger partial charge in [0.1, 0.15) is 0 Å². The molecule has 1 aliphatic carbocycles. The number of methoxy groups -OCH3 is 1. The second-order valence-corrected chi connectivity index (χ2v) is 6.44. The van der Waals surface area contributed by atoms with Crippen LogP contribution in [0, 0.1) is 0 Å². The van der Waals surface area contributed by atoms with Crippen LogP contribution in [0.3, 0.4) is 0 Å². The van der Waals surface area contributed by atoms with Crippen LogP contribution < -0.4 is 0 Å². The number of hydrogen-bond acceptors (Lipinski definition) is 1. The molecule has 3 aromatic rings. The standard InChI is InChI=1S/C24H22O/c1-25-17-16-22-23(18-10-4-2-5-11-18)20-14-8-9-15-21(20)24(22)19-12-6-3-7-13-19/h2-15,23H,16-17H2,1H3. The summed E-state index contributed by atoms with van der Waals surface area (Å²) < 4.78 is 5.44. The van der Waals surface area contributed by atoms with E-state index in [4.69, 9.17) is 4.74 Å². The maximum atomic E-state index is 5.44. The van der Waals surface area contributed by atoms with Gasteiger partial charge in [-0.2, -0.15) is 0 Å². The fourth-order valence-electron chi connectivity index (χ4n) is 3.93. The van der Waals surface area contributed by atoms with Crippen LogP contribution in [0.5, 0.6) is 0 Å². The number of rotatable bonds is 5. The fraction of sp³-hybridized carbons (Fsp3) is 0.167. The molecule has 0 heterocycles. The number of benzene rings is 3. The van der Waals surface area contributed by atoms with Crippen molar-refractivity contribution in [2.75, 3.05) is 13.7 Å². The zero-order valence-corrected chi connectivity index (χ0v) is 14.5. The van der Waals surface area contributed by atoms with Crippen LogP contribution >= 0.6 is 0 Å². The van der Waals surface area contributed by atoms with Crippen molar-refractivity contribution in [3.63, 3.8) is 0 Å². The lowest BCUT2D eigenvalue weighted by molar-refractivity contribution is 0.201. The normalized spacial score (nSPS) is 16.1. The summed E-state index contributed by atoms with van der Waals surface area (Å²) in [6, 6.07) is 30.4. The van der Waals surface area contributed by atoms with Gasteiger partial charge in [0, 0.05) is 19.6 Å². The largest absolute Gasteiger partial charge is 0.384 e. The average Bonchev–Trinajstić information content (AvgIpc) is 3.01. The van der Waals surface area contributed by atoms with E-state index < -0.39 is 0 Å². The second kappa shape index (κ2) is 7.08. The molecule has 4 rings (SSSR count). The van der Waals surface area contributed by atoms with Crippen molar-refractivity contribution in [1.29, 1.82) is 0 Å². The molecule has 3 aromatic carbocycles. The lowest BCUT2D eigenvalue weighted by Crippen LogP contribution is -2.04. The van der Waals surface area contributed by atoms with E-state index in [0.717, 1.165) is 13.0 Å². The predicted octanol–water partition coefficient (Wildman–Crippen LogP) is 5.67. The summed E-state index contributed by atoms with van der Waals surface area (Å²) in [6.45, 7) is 0.739. The first-order valence-corrected chi connectivity index (χ1v) is 8.82. The van der Waals surface area contributed by atoms with Crippen molar-refractivity contribution in [3.05, 3.63) is 113 Å². The van der Waals surface area contributed by atoms with E-state index >= 15 is 0 Å². The molecule has 1 unspecified atom stereocenters. The van der Waals surface area contributed by atoms with Crippen molar-refractivity contribution in [2.24, 2.45) is 0 Å². The summed E-state index contributed by atoms with van der Waals surface area (Å²) in [5.74, 6) is 0.308. The molecule has 0 fully saturated rings. The van der Waals surface area contributed by atoms with Crippen LogP contribution in [0.15, 0.2) is 90.5 Å². The number of fused-ring (bicyclic) bond motifs is 1. The minimum Gasteiger partial charge on any atom is -0.384 e. The van der Waals surface area contributed by atoms with Gasteiger partial charge in [-0.1, -0.05) is 84.9 Å². The first kappa shape index (κ1) is 15.9. The van der Waals surface area contributed by atoms with Crippen LogP contribution in [0.2, 0.25) is 0 Å². The summed E-state index contributed by atoms with van der Waals surface area (Å²) in [5, 5.41) is 0. The van der Waals surface area contributed by atoms with Gasteiger partial charge in [-0.05, 0) is 39.8 Å². The van der Waals surface area contributed by atoms with Crippen molar-refractivity contribution in [2.45, 2.75) is 12.3 Å². The summed E-state index contributed by atoms with van der Waals surface area (Å²) >= 11 is 0. The van der Waals surface area contributed by atoms with Gasteiger partial charge in [0.2, 0.25) is 0 Å². The van der Waals surface area contributed by atoms with E-state index in [1.807, 2.05) is 0 Å². The lowest BCUT2D eigenvalue weighted by Gasteiger charge is -2.18. The summed E-state index contributed by atoms with van der Waals surface area (Å²) in [4.78, 5) is 0. The zero-order valence-electron chi connectivity index (χ0n) is 14.5. The van der Waals surface area contributed by atoms with Gasteiger partial charge in [-0.3, -0.25) is 0 Å². The Morgan fingerprint density at radius 3 is 2.12 bits per heavy atom. The van der Waals surface area contributed by atoms with Gasteiger partial charge in [0.25, 0.3) is 0 Å². The van der Waals surface area contributed by atoms with Crippen molar-refractivity contribution in [1.82, 2.24) is 0 Å². The molecule has 1 atom stereocenters. The Bertz CT molecular complexity index is 878. The molecule has 25 heavy (non-hydrogen) atoms. The second-order valence-electron chi connectivity index (χ2n) is 6.44.